The second-order valence-corrected chi connectivity index (χ2v) is 6.89. The summed E-state index contributed by atoms with van der Waals surface area (Å²) < 4.78 is 0. The number of nitrogens with zero attached hydrogens (tertiary/aromatic N) is 1. The van der Waals surface area contributed by atoms with E-state index in [1.54, 1.807) is 31.2 Å². The van der Waals surface area contributed by atoms with Crippen LogP contribution >= 0.6 is 0 Å². The Morgan fingerprint density at radius 2 is 1.59 bits per heavy atom. The van der Waals surface area contributed by atoms with Crippen LogP contribution in [0.5, 0.6) is 0 Å². The number of carbonyl (C=O) groups is 4. The zero-order chi connectivity index (χ0) is 20.7. The normalized spacial score (nSPS) is 13.0. The van der Waals surface area contributed by atoms with Crippen molar-refractivity contribution < 1.29 is 24.3 Å². The molecular formula is C20H28N2O5. The summed E-state index contributed by atoms with van der Waals surface area (Å²) in [5, 5.41) is 11.9. The second kappa shape index (κ2) is 9.85. The van der Waals surface area contributed by atoms with Gasteiger partial charge in [-0.1, -0.05) is 38.1 Å². The Labute approximate surface area is 159 Å². The maximum absolute atomic E-state index is 12.9. The van der Waals surface area contributed by atoms with Crippen LogP contribution in [0.4, 0.5) is 0 Å². The van der Waals surface area contributed by atoms with E-state index >= 15 is 0 Å². The molecule has 148 valence electrons. The van der Waals surface area contributed by atoms with Gasteiger partial charge in [0.25, 0.3) is 0 Å². The first-order valence-electron chi connectivity index (χ1n) is 8.98. The number of carboxylic acid groups (broad SMARTS) is 1. The summed E-state index contributed by atoms with van der Waals surface area (Å²) in [7, 11) is 0. The van der Waals surface area contributed by atoms with Crippen LogP contribution in [-0.4, -0.2) is 52.7 Å². The van der Waals surface area contributed by atoms with Gasteiger partial charge < -0.3 is 15.3 Å². The molecule has 0 spiro atoms. The predicted molar refractivity (Wildman–Crippen MR) is 102 cm³/mol. The molecule has 0 radical (unpaired) electrons. The van der Waals surface area contributed by atoms with Crippen LogP contribution < -0.4 is 5.32 Å². The highest BCUT2D eigenvalue weighted by molar-refractivity contribution is 5.97. The Morgan fingerprint density at radius 1 is 1.04 bits per heavy atom. The highest BCUT2D eigenvalue weighted by Crippen LogP contribution is 2.21. The van der Waals surface area contributed by atoms with Crippen molar-refractivity contribution in [1.82, 2.24) is 10.2 Å². The summed E-state index contributed by atoms with van der Waals surface area (Å²) in [6.45, 7) is 8.40. The van der Waals surface area contributed by atoms with Crippen molar-refractivity contribution in [2.75, 3.05) is 13.1 Å². The third-order valence-corrected chi connectivity index (χ3v) is 4.42. The van der Waals surface area contributed by atoms with E-state index in [9.17, 15) is 24.3 Å². The standard InChI is InChI=1S/C20H28N2O5/c1-12(2)18(24)17-8-6-16(7-9-17)13(3)19(25)22(14(4)20(26)27)11-10-21-15(5)23/h6-9,12-14H,10-11H2,1-5H3,(H,21,23)(H,26,27). The van der Waals surface area contributed by atoms with Gasteiger partial charge in [0.15, 0.2) is 5.78 Å². The van der Waals surface area contributed by atoms with Gasteiger partial charge in [0.1, 0.15) is 6.04 Å². The molecule has 2 atom stereocenters. The van der Waals surface area contributed by atoms with Crippen molar-refractivity contribution in [2.24, 2.45) is 5.92 Å². The molecule has 1 aromatic rings. The number of rotatable bonds is 9. The van der Waals surface area contributed by atoms with E-state index in [0.717, 1.165) is 0 Å². The van der Waals surface area contributed by atoms with Gasteiger partial charge in [-0.2, -0.15) is 0 Å². The molecule has 2 N–H and O–H groups in total. The van der Waals surface area contributed by atoms with Crippen molar-refractivity contribution in [3.8, 4) is 0 Å². The van der Waals surface area contributed by atoms with E-state index in [-0.39, 0.29) is 36.6 Å². The fourth-order valence-electron chi connectivity index (χ4n) is 2.64. The van der Waals surface area contributed by atoms with E-state index in [1.165, 1.54) is 18.7 Å². The highest BCUT2D eigenvalue weighted by Gasteiger charge is 2.29. The number of hydrogen-bond acceptors (Lipinski definition) is 4. The average Bonchev–Trinajstić information content (AvgIpc) is 2.62. The monoisotopic (exact) mass is 376 g/mol. The lowest BCUT2D eigenvalue weighted by Gasteiger charge is -2.29. The number of hydrogen-bond donors (Lipinski definition) is 2. The number of nitrogens with one attached hydrogen (secondary N) is 1. The van der Waals surface area contributed by atoms with Crippen LogP contribution in [0.3, 0.4) is 0 Å². The Kier molecular flexibility index (Phi) is 8.15. The van der Waals surface area contributed by atoms with Gasteiger partial charge in [0.05, 0.1) is 5.92 Å². The SMILES string of the molecule is CC(=O)NCCN(C(=O)C(C)c1ccc(C(=O)C(C)C)cc1)C(C)C(=O)O. The first kappa shape index (κ1) is 22.3. The van der Waals surface area contributed by atoms with Crippen LogP contribution in [0.1, 0.15) is 56.5 Å². The molecule has 1 aromatic carbocycles. The smallest absolute Gasteiger partial charge is 0.326 e. The number of Topliss-reactive ketones (excluding diaryl/α,β-unsaturated/α-hetero) is 1. The predicted octanol–water partition coefficient (Wildman–Crippen LogP) is 2.07. The summed E-state index contributed by atoms with van der Waals surface area (Å²) in [4.78, 5) is 48.5. The highest BCUT2D eigenvalue weighted by atomic mass is 16.4. The van der Waals surface area contributed by atoms with Crippen molar-refractivity contribution in [2.45, 2.75) is 46.6 Å². The van der Waals surface area contributed by atoms with Crippen molar-refractivity contribution in [1.29, 1.82) is 0 Å². The van der Waals surface area contributed by atoms with E-state index in [2.05, 4.69) is 5.32 Å². The van der Waals surface area contributed by atoms with Gasteiger partial charge in [-0.25, -0.2) is 4.79 Å². The maximum Gasteiger partial charge on any atom is 0.326 e. The minimum absolute atomic E-state index is 0.0250. The van der Waals surface area contributed by atoms with Crippen LogP contribution in [0.2, 0.25) is 0 Å². The fraction of sp³-hybridized carbons (Fsp3) is 0.500. The molecule has 0 fully saturated rings. The summed E-state index contributed by atoms with van der Waals surface area (Å²) in [6, 6.07) is 5.79. The number of benzene rings is 1. The lowest BCUT2D eigenvalue weighted by molar-refractivity contribution is -0.149. The Bertz CT molecular complexity index is 697. The zero-order valence-corrected chi connectivity index (χ0v) is 16.5. The number of carbonyl (C=O) groups excluding carboxylic acids is 3. The van der Waals surface area contributed by atoms with Crippen molar-refractivity contribution in [3.05, 3.63) is 35.4 Å². The maximum atomic E-state index is 12.9. The molecule has 27 heavy (non-hydrogen) atoms. The quantitative estimate of drug-likeness (QED) is 0.642. The van der Waals surface area contributed by atoms with Crippen LogP contribution in [0, 0.1) is 5.92 Å². The molecule has 2 amide bonds. The first-order valence-corrected chi connectivity index (χ1v) is 8.98. The minimum atomic E-state index is -1.11. The number of amides is 2. The zero-order valence-electron chi connectivity index (χ0n) is 16.5. The Morgan fingerprint density at radius 3 is 2.04 bits per heavy atom. The molecule has 2 unspecified atom stereocenters. The van der Waals surface area contributed by atoms with Crippen LogP contribution in [0.25, 0.3) is 0 Å². The van der Waals surface area contributed by atoms with E-state index < -0.39 is 17.9 Å². The summed E-state index contributed by atoms with van der Waals surface area (Å²) in [6.07, 6.45) is 0. The molecule has 0 saturated carbocycles. The topological polar surface area (TPSA) is 104 Å². The summed E-state index contributed by atoms with van der Waals surface area (Å²) in [5.74, 6) is -2.38. The molecule has 0 aliphatic heterocycles. The van der Waals surface area contributed by atoms with Gasteiger partial charge in [0.2, 0.25) is 11.8 Å². The van der Waals surface area contributed by atoms with Crippen LogP contribution in [-0.2, 0) is 14.4 Å². The van der Waals surface area contributed by atoms with Gasteiger partial charge in [-0.05, 0) is 19.4 Å². The number of ketones is 1. The molecule has 0 heterocycles. The summed E-state index contributed by atoms with van der Waals surface area (Å²) in [5.41, 5.74) is 1.28. The lowest BCUT2D eigenvalue weighted by Crippen LogP contribution is -2.48. The molecule has 0 saturated heterocycles. The van der Waals surface area contributed by atoms with Gasteiger partial charge in [0, 0.05) is 31.5 Å². The Balaban J connectivity index is 2.97. The fourth-order valence-corrected chi connectivity index (χ4v) is 2.64. The molecule has 0 aliphatic carbocycles. The van der Waals surface area contributed by atoms with E-state index in [0.29, 0.717) is 11.1 Å². The van der Waals surface area contributed by atoms with Crippen molar-refractivity contribution >= 4 is 23.6 Å². The van der Waals surface area contributed by atoms with Gasteiger partial charge >= 0.3 is 5.97 Å². The molecule has 7 nitrogen and oxygen atoms in total. The van der Waals surface area contributed by atoms with Crippen LogP contribution in [0.15, 0.2) is 24.3 Å². The van der Waals surface area contributed by atoms with E-state index in [1.807, 2.05) is 13.8 Å². The minimum Gasteiger partial charge on any atom is -0.480 e. The average molecular weight is 376 g/mol. The first-order chi connectivity index (χ1) is 12.6. The van der Waals surface area contributed by atoms with Gasteiger partial charge in [-0.15, -0.1) is 0 Å². The summed E-state index contributed by atoms with van der Waals surface area (Å²) >= 11 is 0. The van der Waals surface area contributed by atoms with Gasteiger partial charge in [-0.3, -0.25) is 14.4 Å². The second-order valence-electron chi connectivity index (χ2n) is 6.89. The molecular weight excluding hydrogens is 348 g/mol. The molecule has 7 heteroatoms. The largest absolute Gasteiger partial charge is 0.480 e. The molecule has 0 aromatic heterocycles. The van der Waals surface area contributed by atoms with Crippen molar-refractivity contribution in [3.63, 3.8) is 0 Å². The Hall–Kier alpha value is -2.70. The molecule has 1 rings (SSSR count). The molecule has 0 bridgehead atoms. The number of carboxylic acids is 1. The third kappa shape index (κ3) is 6.20. The van der Waals surface area contributed by atoms with E-state index in [4.69, 9.17) is 0 Å². The number of aliphatic carboxylic acids is 1. The third-order valence-electron chi connectivity index (χ3n) is 4.42. The lowest BCUT2D eigenvalue weighted by atomic mass is 9.95. The molecule has 0 aliphatic rings.